The third kappa shape index (κ3) is 2.34. The van der Waals surface area contributed by atoms with Gasteiger partial charge in [0.05, 0.1) is 6.04 Å². The van der Waals surface area contributed by atoms with Gasteiger partial charge in [0.2, 0.25) is 0 Å². The van der Waals surface area contributed by atoms with Gasteiger partial charge in [0.25, 0.3) is 0 Å². The van der Waals surface area contributed by atoms with Crippen LogP contribution in [0.15, 0.2) is 48.5 Å². The van der Waals surface area contributed by atoms with Crippen LogP contribution in [0.3, 0.4) is 0 Å². The molecule has 3 saturated carbocycles. The maximum absolute atomic E-state index is 13.4. The van der Waals surface area contributed by atoms with Gasteiger partial charge in [0, 0.05) is 17.6 Å². The Kier molecular flexibility index (Phi) is 3.23. The van der Waals surface area contributed by atoms with E-state index in [0.717, 1.165) is 36.8 Å². The number of carbonyl (C=O) groups excluding carboxylic acids is 1. The first-order valence-electron chi connectivity index (χ1n) is 9.18. The predicted octanol–water partition coefficient (Wildman–Crippen LogP) is 3.12. The van der Waals surface area contributed by atoms with Gasteiger partial charge >= 0.3 is 6.03 Å². The molecule has 1 unspecified atom stereocenters. The molecule has 2 amide bonds. The molecule has 0 spiro atoms. The molecule has 134 valence electrons. The Morgan fingerprint density at radius 2 is 1.81 bits per heavy atom. The van der Waals surface area contributed by atoms with E-state index in [0.29, 0.717) is 6.54 Å². The highest BCUT2D eigenvalue weighted by molar-refractivity contribution is 5.77. The molecule has 4 aliphatic rings. The molecule has 0 saturated heterocycles. The lowest BCUT2D eigenvalue weighted by Gasteiger charge is -2.69. The number of urea groups is 1. The summed E-state index contributed by atoms with van der Waals surface area (Å²) in [5.41, 5.74) is 9.28. The Hall–Kier alpha value is -2.40. The number of carbonyl (C=O) groups is 1. The number of hydrogen-bond donors (Lipinski definition) is 2. The number of nitrogens with one attached hydrogen (secondary N) is 1. The van der Waals surface area contributed by atoms with Crippen molar-refractivity contribution in [1.82, 2.24) is 10.2 Å². The van der Waals surface area contributed by atoms with E-state index in [2.05, 4.69) is 17.4 Å². The van der Waals surface area contributed by atoms with Crippen LogP contribution in [0.1, 0.15) is 42.0 Å². The molecule has 2 aromatic rings. The summed E-state index contributed by atoms with van der Waals surface area (Å²) in [6.07, 6.45) is 3.45. The zero-order valence-corrected chi connectivity index (χ0v) is 14.5. The maximum Gasteiger partial charge on any atom is 0.318 e. The highest BCUT2D eigenvalue weighted by Crippen LogP contribution is 2.58. The zero-order valence-electron chi connectivity index (χ0n) is 14.5. The average Bonchev–Trinajstić information content (AvgIpc) is 2.59. The molecule has 3 fully saturated rings. The van der Waals surface area contributed by atoms with Crippen molar-refractivity contribution in [2.45, 2.75) is 42.8 Å². The van der Waals surface area contributed by atoms with Crippen molar-refractivity contribution >= 4 is 6.03 Å². The number of fused-ring (bicyclic) bond motifs is 1. The van der Waals surface area contributed by atoms with E-state index >= 15 is 0 Å². The summed E-state index contributed by atoms with van der Waals surface area (Å²) in [6.45, 7) is 0.648. The molecule has 1 heterocycles. The topological polar surface area (TPSA) is 58.4 Å². The molecule has 0 aromatic heterocycles. The molecule has 6 rings (SSSR count). The second-order valence-corrected chi connectivity index (χ2v) is 8.20. The molecule has 4 nitrogen and oxygen atoms in total. The first-order chi connectivity index (χ1) is 12.5. The van der Waals surface area contributed by atoms with Crippen LogP contribution in [0.4, 0.5) is 9.18 Å². The van der Waals surface area contributed by atoms with Crippen LogP contribution in [0, 0.1) is 5.82 Å². The first kappa shape index (κ1) is 15.8. The van der Waals surface area contributed by atoms with Crippen molar-refractivity contribution in [2.24, 2.45) is 5.73 Å². The van der Waals surface area contributed by atoms with Crippen LogP contribution in [0.25, 0.3) is 0 Å². The summed E-state index contributed by atoms with van der Waals surface area (Å²) < 4.78 is 13.4. The number of nitrogens with two attached hydrogens (primary N) is 1. The van der Waals surface area contributed by atoms with Gasteiger partial charge in [0.15, 0.2) is 0 Å². The summed E-state index contributed by atoms with van der Waals surface area (Å²) in [6, 6.07) is 14.4. The number of nitrogens with zero attached hydrogens (tertiary/aromatic N) is 1. The monoisotopic (exact) mass is 351 g/mol. The van der Waals surface area contributed by atoms with Gasteiger partial charge in [-0.25, -0.2) is 9.18 Å². The summed E-state index contributed by atoms with van der Waals surface area (Å²) >= 11 is 0. The Morgan fingerprint density at radius 3 is 2.50 bits per heavy atom. The van der Waals surface area contributed by atoms with Crippen LogP contribution < -0.4 is 11.1 Å². The van der Waals surface area contributed by atoms with Gasteiger partial charge in [-0.1, -0.05) is 36.4 Å². The van der Waals surface area contributed by atoms with Crippen LogP contribution in [0.2, 0.25) is 0 Å². The molecular weight excluding hydrogens is 329 g/mol. The van der Waals surface area contributed by atoms with Gasteiger partial charge in [-0.15, -0.1) is 0 Å². The molecule has 2 aromatic carbocycles. The normalized spacial score (nSPS) is 31.5. The van der Waals surface area contributed by atoms with Crippen molar-refractivity contribution < 1.29 is 9.18 Å². The van der Waals surface area contributed by atoms with E-state index in [4.69, 9.17) is 5.73 Å². The average molecular weight is 351 g/mol. The summed E-state index contributed by atoms with van der Waals surface area (Å²) in [4.78, 5) is 15.0. The molecule has 2 bridgehead atoms. The smallest absolute Gasteiger partial charge is 0.318 e. The molecular formula is C21H22FN3O. The fourth-order valence-electron chi connectivity index (χ4n) is 5.09. The van der Waals surface area contributed by atoms with Gasteiger partial charge in [0.1, 0.15) is 5.82 Å². The van der Waals surface area contributed by atoms with Gasteiger partial charge in [-0.05, 0) is 54.5 Å². The van der Waals surface area contributed by atoms with Crippen molar-refractivity contribution in [2.75, 3.05) is 6.54 Å². The fourth-order valence-corrected chi connectivity index (χ4v) is 5.09. The van der Waals surface area contributed by atoms with Crippen molar-refractivity contribution in [1.29, 1.82) is 0 Å². The van der Waals surface area contributed by atoms with Crippen LogP contribution in [0.5, 0.6) is 0 Å². The number of halogens is 1. The van der Waals surface area contributed by atoms with Crippen molar-refractivity contribution in [3.05, 3.63) is 71.0 Å². The second kappa shape index (κ2) is 5.30. The lowest BCUT2D eigenvalue weighted by molar-refractivity contribution is -0.0718. The third-order valence-corrected chi connectivity index (χ3v) is 6.17. The van der Waals surface area contributed by atoms with Crippen molar-refractivity contribution in [3.63, 3.8) is 0 Å². The summed E-state index contributed by atoms with van der Waals surface area (Å²) in [5.74, 6) is -0.268. The van der Waals surface area contributed by atoms with E-state index in [-0.39, 0.29) is 29.0 Å². The fraction of sp³-hybridized carbons (Fsp3) is 0.381. The molecule has 5 heteroatoms. The number of hydrogen-bond acceptors (Lipinski definition) is 2. The van der Waals surface area contributed by atoms with Gasteiger partial charge in [-0.3, -0.25) is 0 Å². The van der Waals surface area contributed by atoms with Crippen LogP contribution in [-0.2, 0) is 6.42 Å². The van der Waals surface area contributed by atoms with E-state index in [1.165, 1.54) is 17.7 Å². The van der Waals surface area contributed by atoms with Crippen LogP contribution in [-0.4, -0.2) is 28.6 Å². The summed E-state index contributed by atoms with van der Waals surface area (Å²) in [5, 5.41) is 3.23. The van der Waals surface area contributed by atoms with E-state index in [1.54, 1.807) is 12.1 Å². The number of benzene rings is 2. The van der Waals surface area contributed by atoms with E-state index < -0.39 is 0 Å². The quantitative estimate of drug-likeness (QED) is 0.873. The number of rotatable bonds is 2. The van der Waals surface area contributed by atoms with E-state index in [1.807, 2.05) is 17.0 Å². The maximum atomic E-state index is 13.4. The van der Waals surface area contributed by atoms with Crippen LogP contribution >= 0.6 is 0 Å². The lowest BCUT2D eigenvalue weighted by Crippen LogP contribution is -2.82. The minimum Gasteiger partial charge on any atom is -0.332 e. The minimum absolute atomic E-state index is 0.0435. The molecule has 1 atom stereocenters. The molecule has 3 N–H and O–H groups in total. The minimum atomic E-state index is -0.268. The molecule has 0 radical (unpaired) electrons. The second-order valence-electron chi connectivity index (χ2n) is 8.20. The van der Waals surface area contributed by atoms with Crippen molar-refractivity contribution in [3.8, 4) is 0 Å². The molecule has 3 aliphatic carbocycles. The van der Waals surface area contributed by atoms with E-state index in [9.17, 15) is 9.18 Å². The highest BCUT2D eigenvalue weighted by atomic mass is 19.1. The largest absolute Gasteiger partial charge is 0.332 e. The Labute approximate surface area is 152 Å². The SMILES string of the molecule is NC12CC(NC(=O)N3CCc4ccccc4C3c3ccc(F)cc3)(C1)C2. The zero-order chi connectivity index (χ0) is 17.9. The molecule has 1 aliphatic heterocycles. The number of amides is 2. The van der Waals surface area contributed by atoms with Gasteiger partial charge < -0.3 is 16.0 Å². The predicted molar refractivity (Wildman–Crippen MR) is 97.1 cm³/mol. The Bertz CT molecular complexity index is 859. The third-order valence-electron chi connectivity index (χ3n) is 6.17. The Balaban J connectivity index is 1.47. The Morgan fingerprint density at radius 1 is 1.12 bits per heavy atom. The molecule has 26 heavy (non-hydrogen) atoms. The van der Waals surface area contributed by atoms with Gasteiger partial charge in [-0.2, -0.15) is 0 Å². The summed E-state index contributed by atoms with van der Waals surface area (Å²) in [7, 11) is 0. The first-order valence-corrected chi connectivity index (χ1v) is 9.18. The lowest BCUT2D eigenvalue weighted by atomic mass is 9.44. The highest BCUT2D eigenvalue weighted by Gasteiger charge is 2.66. The standard InChI is InChI=1S/C21H22FN3O/c22-16-7-5-15(6-8-16)18-17-4-2-1-3-14(17)9-10-25(18)19(26)24-21-11-20(23,12-21)13-21/h1-8,18H,9-13,23H2,(H,24,26).